The molecule has 0 radical (unpaired) electrons. The molecule has 1 amide bonds. The summed E-state index contributed by atoms with van der Waals surface area (Å²) in [6.07, 6.45) is -2.83. The molecular formula is C19H20FN3O6. The second kappa shape index (κ2) is 8.10. The third-order valence-corrected chi connectivity index (χ3v) is 4.51. The molecule has 1 fully saturated rings. The maximum Gasteiger partial charge on any atom is 0.351 e. The van der Waals surface area contributed by atoms with Crippen molar-refractivity contribution >= 4 is 17.7 Å². The van der Waals surface area contributed by atoms with Gasteiger partial charge in [-0.3, -0.25) is 14.2 Å². The maximum atomic E-state index is 15.4. The first-order valence-corrected chi connectivity index (χ1v) is 8.82. The molecule has 154 valence electrons. The van der Waals surface area contributed by atoms with Gasteiger partial charge in [0.05, 0.1) is 6.61 Å². The van der Waals surface area contributed by atoms with Crippen LogP contribution in [-0.4, -0.2) is 51.0 Å². The third-order valence-electron chi connectivity index (χ3n) is 4.51. The molecule has 4 unspecified atom stereocenters. The SMILES string of the molecule is CC(=O)OC1C(CO)OC(n2ccc(NC(=O)c3ccccc3)nc2=O)C1(C)F. The highest BCUT2D eigenvalue weighted by Gasteiger charge is 2.57. The van der Waals surface area contributed by atoms with Gasteiger partial charge in [-0.2, -0.15) is 4.98 Å². The largest absolute Gasteiger partial charge is 0.456 e. The van der Waals surface area contributed by atoms with Gasteiger partial charge in [-0.1, -0.05) is 18.2 Å². The molecule has 1 saturated heterocycles. The number of aliphatic hydroxyl groups excluding tert-OH is 1. The van der Waals surface area contributed by atoms with Gasteiger partial charge in [0, 0.05) is 18.7 Å². The van der Waals surface area contributed by atoms with Gasteiger partial charge >= 0.3 is 11.7 Å². The van der Waals surface area contributed by atoms with Crippen LogP contribution in [-0.2, 0) is 14.3 Å². The topological polar surface area (TPSA) is 120 Å². The van der Waals surface area contributed by atoms with Crippen LogP contribution in [0.15, 0.2) is 47.4 Å². The minimum absolute atomic E-state index is 0.0195. The third kappa shape index (κ3) is 4.17. The van der Waals surface area contributed by atoms with Crippen LogP contribution < -0.4 is 11.0 Å². The number of esters is 1. The number of nitrogens with one attached hydrogen (secondary N) is 1. The van der Waals surface area contributed by atoms with Crippen molar-refractivity contribution in [1.82, 2.24) is 9.55 Å². The second-order valence-electron chi connectivity index (χ2n) is 6.71. The zero-order chi connectivity index (χ0) is 21.2. The van der Waals surface area contributed by atoms with Crippen LogP contribution in [0.2, 0.25) is 0 Å². The number of halogens is 1. The number of ether oxygens (including phenoxy) is 2. The van der Waals surface area contributed by atoms with Gasteiger partial charge in [-0.25, -0.2) is 9.18 Å². The van der Waals surface area contributed by atoms with Crippen LogP contribution in [0.3, 0.4) is 0 Å². The lowest BCUT2D eigenvalue weighted by Gasteiger charge is -2.27. The number of alkyl halides is 1. The summed E-state index contributed by atoms with van der Waals surface area (Å²) in [7, 11) is 0. The summed E-state index contributed by atoms with van der Waals surface area (Å²) >= 11 is 0. The molecule has 2 heterocycles. The van der Waals surface area contributed by atoms with Gasteiger partial charge in [0.1, 0.15) is 11.9 Å². The Balaban J connectivity index is 1.84. The predicted octanol–water partition coefficient (Wildman–Crippen LogP) is 1.05. The number of amides is 1. The van der Waals surface area contributed by atoms with E-state index in [1.165, 1.54) is 12.3 Å². The lowest BCUT2D eigenvalue weighted by Crippen LogP contribution is -2.45. The molecule has 4 atom stereocenters. The molecule has 1 aliphatic rings. The highest BCUT2D eigenvalue weighted by atomic mass is 19.1. The Morgan fingerprint density at radius 3 is 2.62 bits per heavy atom. The van der Waals surface area contributed by atoms with Gasteiger partial charge in [-0.05, 0) is 25.1 Å². The average Bonchev–Trinajstić information content (AvgIpc) is 2.92. The van der Waals surface area contributed by atoms with Crippen LogP contribution in [0.25, 0.3) is 0 Å². The van der Waals surface area contributed by atoms with Gasteiger partial charge in [0.2, 0.25) is 0 Å². The van der Waals surface area contributed by atoms with E-state index in [0.717, 1.165) is 18.4 Å². The van der Waals surface area contributed by atoms with Crippen molar-refractivity contribution in [3.8, 4) is 0 Å². The number of hydrogen-bond acceptors (Lipinski definition) is 7. The van der Waals surface area contributed by atoms with E-state index >= 15 is 4.39 Å². The fraction of sp³-hybridized carbons (Fsp3) is 0.368. The first-order valence-electron chi connectivity index (χ1n) is 8.82. The summed E-state index contributed by atoms with van der Waals surface area (Å²) in [5, 5.41) is 11.9. The van der Waals surface area contributed by atoms with Crippen molar-refractivity contribution in [2.24, 2.45) is 0 Å². The average molecular weight is 405 g/mol. The van der Waals surface area contributed by atoms with Crippen LogP contribution in [0.4, 0.5) is 10.2 Å². The standard InChI is InChI=1S/C19H20FN3O6/c1-11(25)28-15-13(10-24)29-17(19(15,2)20)23-9-8-14(22-18(23)27)21-16(26)12-6-4-3-5-7-12/h3-9,13,15,17,24H,10H2,1-2H3,(H,21,22,26,27). The molecule has 0 bridgehead atoms. The number of aromatic nitrogens is 2. The van der Waals surface area contributed by atoms with Gasteiger partial charge in [0.25, 0.3) is 5.91 Å². The van der Waals surface area contributed by atoms with Crippen LogP contribution in [0.1, 0.15) is 30.4 Å². The molecule has 1 aliphatic heterocycles. The minimum Gasteiger partial charge on any atom is -0.456 e. The van der Waals surface area contributed by atoms with Crippen molar-refractivity contribution in [2.45, 2.75) is 38.0 Å². The Bertz CT molecular complexity index is 962. The molecule has 2 N–H and O–H groups in total. The Morgan fingerprint density at radius 1 is 1.34 bits per heavy atom. The minimum atomic E-state index is -2.31. The molecule has 29 heavy (non-hydrogen) atoms. The number of carbonyl (C=O) groups is 2. The monoisotopic (exact) mass is 405 g/mol. The normalized spacial score (nSPS) is 26.1. The smallest absolute Gasteiger partial charge is 0.351 e. The highest BCUT2D eigenvalue weighted by molar-refractivity contribution is 6.03. The number of benzene rings is 1. The fourth-order valence-electron chi connectivity index (χ4n) is 3.16. The number of hydrogen-bond donors (Lipinski definition) is 2. The first-order chi connectivity index (χ1) is 13.7. The molecular weight excluding hydrogens is 385 g/mol. The summed E-state index contributed by atoms with van der Waals surface area (Å²) in [6, 6.07) is 9.65. The van der Waals surface area contributed by atoms with E-state index in [0.29, 0.717) is 5.56 Å². The van der Waals surface area contributed by atoms with Crippen LogP contribution >= 0.6 is 0 Å². The second-order valence-corrected chi connectivity index (χ2v) is 6.71. The van der Waals surface area contributed by atoms with E-state index in [-0.39, 0.29) is 5.82 Å². The molecule has 0 aliphatic carbocycles. The fourth-order valence-corrected chi connectivity index (χ4v) is 3.16. The zero-order valence-electron chi connectivity index (χ0n) is 15.7. The Hall–Kier alpha value is -3.11. The van der Waals surface area contributed by atoms with Gasteiger partial charge in [0.15, 0.2) is 18.0 Å². The lowest BCUT2D eigenvalue weighted by atomic mass is 9.98. The Morgan fingerprint density at radius 2 is 2.03 bits per heavy atom. The maximum absolute atomic E-state index is 15.4. The Labute approximate surface area is 165 Å². The number of nitrogens with zero attached hydrogens (tertiary/aromatic N) is 2. The van der Waals surface area contributed by atoms with E-state index in [2.05, 4.69) is 10.3 Å². The van der Waals surface area contributed by atoms with Crippen molar-refractivity contribution in [1.29, 1.82) is 0 Å². The van der Waals surface area contributed by atoms with Crippen LogP contribution in [0, 0.1) is 0 Å². The van der Waals surface area contributed by atoms with Gasteiger partial charge < -0.3 is 19.9 Å². The Kier molecular flexibility index (Phi) is 5.76. The number of anilines is 1. The van der Waals surface area contributed by atoms with Gasteiger partial charge in [-0.15, -0.1) is 0 Å². The molecule has 2 aromatic rings. The van der Waals surface area contributed by atoms with E-state index in [4.69, 9.17) is 9.47 Å². The first kappa shape index (κ1) is 20.6. The predicted molar refractivity (Wildman–Crippen MR) is 99.0 cm³/mol. The molecule has 3 rings (SSSR count). The zero-order valence-corrected chi connectivity index (χ0v) is 15.7. The van der Waals surface area contributed by atoms with E-state index < -0.39 is 48.3 Å². The quantitative estimate of drug-likeness (QED) is 0.714. The summed E-state index contributed by atoms with van der Waals surface area (Å²) in [5.74, 6) is -1.22. The summed E-state index contributed by atoms with van der Waals surface area (Å²) in [5.41, 5.74) is -2.81. The molecule has 0 spiro atoms. The van der Waals surface area contributed by atoms with Crippen LogP contribution in [0.5, 0.6) is 0 Å². The molecule has 9 nitrogen and oxygen atoms in total. The van der Waals surface area contributed by atoms with Crippen molar-refractivity contribution in [2.75, 3.05) is 11.9 Å². The van der Waals surface area contributed by atoms with E-state index in [1.807, 2.05) is 0 Å². The van der Waals surface area contributed by atoms with Crippen molar-refractivity contribution in [3.05, 3.63) is 58.6 Å². The molecule has 1 aromatic heterocycles. The van der Waals surface area contributed by atoms with Crippen molar-refractivity contribution in [3.63, 3.8) is 0 Å². The van der Waals surface area contributed by atoms with E-state index in [9.17, 15) is 19.5 Å². The van der Waals surface area contributed by atoms with E-state index in [1.54, 1.807) is 30.3 Å². The number of rotatable bonds is 5. The number of aliphatic hydroxyl groups is 1. The summed E-state index contributed by atoms with van der Waals surface area (Å²) < 4.78 is 26.6. The lowest BCUT2D eigenvalue weighted by molar-refractivity contribution is -0.155. The van der Waals surface area contributed by atoms with Crippen molar-refractivity contribution < 1.29 is 28.6 Å². The molecule has 10 heteroatoms. The summed E-state index contributed by atoms with van der Waals surface area (Å²) in [4.78, 5) is 39.6. The number of carbonyl (C=O) groups excluding carboxylic acids is 2. The highest BCUT2D eigenvalue weighted by Crippen LogP contribution is 2.42. The summed E-state index contributed by atoms with van der Waals surface area (Å²) in [6.45, 7) is 1.61. The molecule has 1 aromatic carbocycles. The molecule has 0 saturated carbocycles.